The molecular weight excluding hydrogens is 559 g/mol. The summed E-state index contributed by atoms with van der Waals surface area (Å²) in [5.41, 5.74) is 1.65. The molecule has 226 valence electrons. The van der Waals surface area contributed by atoms with Crippen LogP contribution in [0.15, 0.2) is 59.7 Å². The van der Waals surface area contributed by atoms with Gasteiger partial charge in [-0.05, 0) is 61.8 Å². The second-order valence-electron chi connectivity index (χ2n) is 11.4. The molecule has 1 fully saturated rings. The van der Waals surface area contributed by atoms with Crippen molar-refractivity contribution in [2.45, 2.75) is 82.7 Å². The summed E-state index contributed by atoms with van der Waals surface area (Å²) in [6, 6.07) is 17.2. The van der Waals surface area contributed by atoms with E-state index in [1.807, 2.05) is 49.4 Å². The largest absolute Gasteiger partial charge is 0.419 e. The van der Waals surface area contributed by atoms with E-state index in [1.54, 1.807) is 15.1 Å². The lowest BCUT2D eigenvalue weighted by Crippen LogP contribution is -2.47. The Labute approximate surface area is 247 Å². The zero-order chi connectivity index (χ0) is 30.8. The number of ether oxygens (including phenoxy) is 1. The van der Waals surface area contributed by atoms with Gasteiger partial charge in [-0.25, -0.2) is 4.52 Å². The van der Waals surface area contributed by atoms with Crippen molar-refractivity contribution in [1.29, 1.82) is 5.26 Å². The highest BCUT2D eigenvalue weighted by Gasteiger charge is 2.50. The SMILES string of the molecule is CCCc1c(Cc2ccc(-c3ccccc3C#N)cc2)c(=O)n([C@H]2CC[C@H](OCC(C)(O)C(F)(F)F)CC2)c2ncnn12. The second kappa shape index (κ2) is 12.3. The molecule has 1 aliphatic carbocycles. The maximum atomic E-state index is 14.2. The highest BCUT2D eigenvalue weighted by atomic mass is 19.4. The molecule has 1 unspecified atom stereocenters. The van der Waals surface area contributed by atoms with Crippen molar-refractivity contribution in [3.63, 3.8) is 0 Å². The highest BCUT2D eigenvalue weighted by molar-refractivity contribution is 5.70. The average molecular weight is 594 g/mol. The maximum Gasteiger partial charge on any atom is 0.419 e. The summed E-state index contributed by atoms with van der Waals surface area (Å²) in [6.45, 7) is 1.91. The number of nitrogens with zero attached hydrogens (tertiary/aromatic N) is 5. The van der Waals surface area contributed by atoms with Gasteiger partial charge in [-0.2, -0.15) is 28.5 Å². The minimum Gasteiger partial charge on any atom is -0.379 e. The topological polar surface area (TPSA) is 105 Å². The molecule has 0 saturated heterocycles. The number of aromatic nitrogens is 4. The van der Waals surface area contributed by atoms with Crippen LogP contribution in [-0.4, -0.2) is 48.8 Å². The zero-order valence-corrected chi connectivity index (χ0v) is 24.1. The molecule has 0 bridgehead atoms. The van der Waals surface area contributed by atoms with Gasteiger partial charge < -0.3 is 9.84 Å². The smallest absolute Gasteiger partial charge is 0.379 e. The molecule has 8 nitrogen and oxygen atoms in total. The van der Waals surface area contributed by atoms with E-state index in [2.05, 4.69) is 16.2 Å². The normalized spacial score (nSPS) is 18.8. The third-order valence-corrected chi connectivity index (χ3v) is 8.23. The van der Waals surface area contributed by atoms with Crippen LogP contribution in [0, 0.1) is 11.3 Å². The van der Waals surface area contributed by atoms with Crippen LogP contribution in [0.4, 0.5) is 13.2 Å². The minimum absolute atomic E-state index is 0.146. The van der Waals surface area contributed by atoms with Crippen molar-refractivity contribution in [1.82, 2.24) is 19.2 Å². The number of aryl methyl sites for hydroxylation is 1. The van der Waals surface area contributed by atoms with Crippen LogP contribution in [0.3, 0.4) is 0 Å². The summed E-state index contributed by atoms with van der Waals surface area (Å²) < 4.78 is 48.0. The van der Waals surface area contributed by atoms with Gasteiger partial charge in [0.15, 0.2) is 5.60 Å². The van der Waals surface area contributed by atoms with Crippen molar-refractivity contribution in [2.24, 2.45) is 0 Å². The fourth-order valence-electron chi connectivity index (χ4n) is 5.75. The second-order valence-corrected chi connectivity index (χ2v) is 11.4. The Morgan fingerprint density at radius 3 is 2.44 bits per heavy atom. The van der Waals surface area contributed by atoms with Crippen molar-refractivity contribution in [3.8, 4) is 17.2 Å². The fourth-order valence-corrected chi connectivity index (χ4v) is 5.75. The molecule has 0 radical (unpaired) electrons. The third-order valence-electron chi connectivity index (χ3n) is 8.23. The molecule has 0 spiro atoms. The van der Waals surface area contributed by atoms with Gasteiger partial charge in [0.1, 0.15) is 6.33 Å². The lowest BCUT2D eigenvalue weighted by molar-refractivity contribution is -0.271. The molecule has 1 atom stereocenters. The van der Waals surface area contributed by atoms with Crippen molar-refractivity contribution in [3.05, 3.63) is 87.6 Å². The first-order chi connectivity index (χ1) is 20.5. The van der Waals surface area contributed by atoms with Gasteiger partial charge in [0.2, 0.25) is 5.78 Å². The number of benzene rings is 2. The van der Waals surface area contributed by atoms with Crippen molar-refractivity contribution >= 4 is 5.78 Å². The molecule has 5 rings (SSSR count). The molecule has 4 aromatic rings. The molecule has 1 saturated carbocycles. The molecule has 43 heavy (non-hydrogen) atoms. The van der Waals surface area contributed by atoms with E-state index in [9.17, 15) is 28.3 Å². The number of rotatable bonds is 9. The summed E-state index contributed by atoms with van der Waals surface area (Å²) in [5, 5.41) is 23.7. The van der Waals surface area contributed by atoms with Crippen LogP contribution in [0.5, 0.6) is 0 Å². The lowest BCUT2D eigenvalue weighted by Gasteiger charge is -2.33. The molecule has 2 aromatic heterocycles. The standard InChI is InChI=1S/C32H34F3N5O3/c1-3-6-28-27(17-21-9-11-22(12-10-21)26-8-5-4-7-23(26)18-36)29(41)39(30-37-20-38-40(28)30)24-13-15-25(16-14-24)43-19-31(2,42)32(33,34)35/h4-5,7-12,20,24-25,42H,3,6,13-17,19H2,1-2H3/t24-,25-,31?. The summed E-state index contributed by atoms with van der Waals surface area (Å²) in [4.78, 5) is 18.6. The van der Waals surface area contributed by atoms with Crippen LogP contribution < -0.4 is 5.56 Å². The molecule has 1 aliphatic rings. The first kappa shape index (κ1) is 30.4. The summed E-state index contributed by atoms with van der Waals surface area (Å²) in [6.07, 6.45) is -0.0440. The number of halogens is 3. The van der Waals surface area contributed by atoms with Gasteiger partial charge in [-0.3, -0.25) is 9.36 Å². The van der Waals surface area contributed by atoms with Crippen molar-refractivity contribution in [2.75, 3.05) is 6.61 Å². The van der Waals surface area contributed by atoms with Gasteiger partial charge >= 0.3 is 6.18 Å². The first-order valence-corrected chi connectivity index (χ1v) is 14.5. The molecule has 2 heterocycles. The van der Waals surface area contributed by atoms with Gasteiger partial charge in [-0.15, -0.1) is 0 Å². The zero-order valence-electron chi connectivity index (χ0n) is 24.1. The first-order valence-electron chi connectivity index (χ1n) is 14.5. The van der Waals surface area contributed by atoms with Crippen molar-refractivity contribution < 1.29 is 23.0 Å². The minimum atomic E-state index is -4.78. The quantitative estimate of drug-likeness (QED) is 0.264. The molecule has 11 heteroatoms. The third kappa shape index (κ3) is 6.21. The highest BCUT2D eigenvalue weighted by Crippen LogP contribution is 2.34. The van der Waals surface area contributed by atoms with Crippen LogP contribution in [-0.2, 0) is 17.6 Å². The lowest BCUT2D eigenvalue weighted by atomic mass is 9.92. The fraction of sp³-hybridized carbons (Fsp3) is 0.438. The summed E-state index contributed by atoms with van der Waals surface area (Å²) in [7, 11) is 0. The Morgan fingerprint density at radius 1 is 1.09 bits per heavy atom. The number of aliphatic hydroxyl groups is 1. The van der Waals surface area contributed by atoms with E-state index < -0.39 is 24.5 Å². The average Bonchev–Trinajstić information content (AvgIpc) is 3.48. The predicted molar refractivity (Wildman–Crippen MR) is 155 cm³/mol. The predicted octanol–water partition coefficient (Wildman–Crippen LogP) is 5.79. The Bertz CT molecular complexity index is 1680. The maximum absolute atomic E-state index is 14.2. The van der Waals surface area contributed by atoms with E-state index in [0.717, 1.165) is 28.8 Å². The van der Waals surface area contributed by atoms with Crippen LogP contribution >= 0.6 is 0 Å². The number of fused-ring (bicyclic) bond motifs is 1. The monoisotopic (exact) mass is 593 g/mol. The molecule has 0 aliphatic heterocycles. The Morgan fingerprint density at radius 2 is 1.79 bits per heavy atom. The van der Waals surface area contributed by atoms with Crippen LogP contribution in [0.25, 0.3) is 16.9 Å². The molecule has 0 amide bonds. The summed E-state index contributed by atoms with van der Waals surface area (Å²) >= 11 is 0. The van der Waals surface area contributed by atoms with E-state index >= 15 is 0 Å². The van der Waals surface area contributed by atoms with E-state index in [1.165, 1.54) is 6.33 Å². The Kier molecular flexibility index (Phi) is 8.71. The number of alkyl halides is 3. The van der Waals surface area contributed by atoms with Gasteiger partial charge in [0.05, 0.1) is 30.0 Å². The van der Waals surface area contributed by atoms with Crippen LogP contribution in [0.2, 0.25) is 0 Å². The van der Waals surface area contributed by atoms with Gasteiger partial charge in [-0.1, -0.05) is 55.8 Å². The number of nitriles is 1. The van der Waals surface area contributed by atoms with Gasteiger partial charge in [0.25, 0.3) is 5.56 Å². The number of hydrogen-bond acceptors (Lipinski definition) is 6. The molecule has 1 N–H and O–H groups in total. The number of hydrogen-bond donors (Lipinski definition) is 1. The van der Waals surface area contributed by atoms with E-state index in [0.29, 0.717) is 62.4 Å². The Balaban J connectivity index is 1.41. The van der Waals surface area contributed by atoms with E-state index in [-0.39, 0.29) is 11.6 Å². The van der Waals surface area contributed by atoms with E-state index in [4.69, 9.17) is 4.74 Å². The molecular formula is C32H34F3N5O3. The van der Waals surface area contributed by atoms with Crippen LogP contribution in [0.1, 0.15) is 74.4 Å². The Hall–Kier alpha value is -4.01. The molecule has 2 aromatic carbocycles. The van der Waals surface area contributed by atoms with Gasteiger partial charge in [0, 0.05) is 18.0 Å². The summed E-state index contributed by atoms with van der Waals surface area (Å²) in [5.74, 6) is 0.449.